The third-order valence-corrected chi connectivity index (χ3v) is 5.17. The number of amides is 1. The van der Waals surface area contributed by atoms with Gasteiger partial charge in [-0.25, -0.2) is 0 Å². The summed E-state index contributed by atoms with van der Waals surface area (Å²) in [6.45, 7) is 0.181. The highest BCUT2D eigenvalue weighted by atomic mass is 19.4. The van der Waals surface area contributed by atoms with Gasteiger partial charge in [0.05, 0.1) is 14.2 Å². The molecule has 4 rings (SSSR count). The molecule has 0 N–H and O–H groups in total. The van der Waals surface area contributed by atoms with Gasteiger partial charge >= 0.3 is 6.36 Å². The minimum Gasteiger partial charge on any atom is -0.497 e. The molecule has 174 valence electrons. The van der Waals surface area contributed by atoms with Crippen LogP contribution in [0.2, 0.25) is 0 Å². The Morgan fingerprint density at radius 2 is 1.73 bits per heavy atom. The number of carbonyl (C=O) groups is 1. The second-order valence-electron chi connectivity index (χ2n) is 7.33. The Bertz CT molecular complexity index is 1110. The van der Waals surface area contributed by atoms with Crippen LogP contribution in [-0.2, 0) is 11.3 Å². The normalized spacial score (nSPS) is 16.2. The molecule has 0 spiro atoms. The maximum Gasteiger partial charge on any atom is 0.573 e. The van der Waals surface area contributed by atoms with Crippen molar-refractivity contribution in [2.45, 2.75) is 31.8 Å². The quantitative estimate of drug-likeness (QED) is 0.509. The van der Waals surface area contributed by atoms with E-state index in [1.807, 2.05) is 0 Å². The third kappa shape index (κ3) is 5.18. The highest BCUT2D eigenvalue weighted by Crippen LogP contribution is 2.35. The Balaban J connectivity index is 1.53. The van der Waals surface area contributed by atoms with E-state index in [9.17, 15) is 18.0 Å². The molecule has 1 aliphatic heterocycles. The van der Waals surface area contributed by atoms with E-state index in [4.69, 9.17) is 14.0 Å². The fourth-order valence-corrected chi connectivity index (χ4v) is 3.61. The fraction of sp³-hybridized carbons (Fsp3) is 0.318. The lowest BCUT2D eigenvalue weighted by atomic mass is 10.1. The molecule has 1 aromatic heterocycles. The Kier molecular flexibility index (Phi) is 6.12. The fourth-order valence-electron chi connectivity index (χ4n) is 3.61. The van der Waals surface area contributed by atoms with E-state index in [-0.39, 0.29) is 24.1 Å². The average molecular weight is 463 g/mol. The van der Waals surface area contributed by atoms with Crippen molar-refractivity contribution in [3.63, 3.8) is 0 Å². The van der Waals surface area contributed by atoms with E-state index >= 15 is 0 Å². The summed E-state index contributed by atoms with van der Waals surface area (Å²) in [5, 5.41) is 4.04. The van der Waals surface area contributed by atoms with Crippen molar-refractivity contribution < 1.29 is 36.7 Å². The first-order valence-electron chi connectivity index (χ1n) is 9.97. The van der Waals surface area contributed by atoms with Crippen molar-refractivity contribution in [3.05, 3.63) is 53.9 Å². The lowest BCUT2D eigenvalue weighted by Gasteiger charge is -2.22. The van der Waals surface area contributed by atoms with Crippen molar-refractivity contribution in [1.29, 1.82) is 0 Å². The summed E-state index contributed by atoms with van der Waals surface area (Å²) >= 11 is 0. The van der Waals surface area contributed by atoms with Crippen molar-refractivity contribution in [2.75, 3.05) is 14.2 Å². The van der Waals surface area contributed by atoms with Gasteiger partial charge in [0.2, 0.25) is 17.6 Å². The number of alkyl halides is 3. The minimum atomic E-state index is -4.76. The molecule has 8 nitrogen and oxygen atoms in total. The number of methoxy groups -OCH3 is 2. The van der Waals surface area contributed by atoms with Crippen LogP contribution >= 0.6 is 0 Å². The molecule has 1 saturated heterocycles. The van der Waals surface area contributed by atoms with Gasteiger partial charge in [-0.3, -0.25) is 4.79 Å². The molecule has 0 radical (unpaired) electrons. The number of aromatic nitrogens is 2. The average Bonchev–Trinajstić information content (AvgIpc) is 3.41. The summed E-state index contributed by atoms with van der Waals surface area (Å²) in [5.41, 5.74) is 1.26. The number of nitrogens with zero attached hydrogens (tertiary/aromatic N) is 3. The standard InChI is InChI=1S/C22H20F3N3O5/c1-30-16-9-14(10-17(11-16)31-2)20-26-21(33-27-20)18-7-8-19(29)28(18)12-13-3-5-15(6-4-13)32-22(23,24)25/h3-6,9-11,18H,7-8,12H2,1-2H3. The number of ether oxygens (including phenoxy) is 3. The van der Waals surface area contributed by atoms with Gasteiger partial charge in [0.15, 0.2) is 0 Å². The second kappa shape index (κ2) is 9.00. The SMILES string of the molecule is COc1cc(OC)cc(-c2noc(C3CCC(=O)N3Cc3ccc(OC(F)(F)F)cc3)n2)c1. The zero-order chi connectivity index (χ0) is 23.6. The number of likely N-dealkylation sites (tertiary alicyclic amines) is 1. The summed E-state index contributed by atoms with van der Waals surface area (Å²) < 4.78 is 56.9. The van der Waals surface area contributed by atoms with E-state index in [1.54, 1.807) is 23.1 Å². The van der Waals surface area contributed by atoms with Crippen LogP contribution in [0.25, 0.3) is 11.4 Å². The molecule has 1 atom stereocenters. The van der Waals surface area contributed by atoms with E-state index in [2.05, 4.69) is 14.9 Å². The third-order valence-electron chi connectivity index (χ3n) is 5.17. The first-order chi connectivity index (χ1) is 15.8. The van der Waals surface area contributed by atoms with Gasteiger partial charge in [0.1, 0.15) is 23.3 Å². The molecule has 1 fully saturated rings. The van der Waals surface area contributed by atoms with E-state index in [1.165, 1.54) is 38.5 Å². The lowest BCUT2D eigenvalue weighted by Crippen LogP contribution is -2.27. The van der Waals surface area contributed by atoms with Crippen LogP contribution in [0.4, 0.5) is 13.2 Å². The Hall–Kier alpha value is -3.76. The zero-order valence-corrected chi connectivity index (χ0v) is 17.8. The van der Waals surface area contributed by atoms with Crippen LogP contribution in [0, 0.1) is 0 Å². The van der Waals surface area contributed by atoms with Crippen molar-refractivity contribution >= 4 is 5.91 Å². The molecule has 11 heteroatoms. The molecular weight excluding hydrogens is 443 g/mol. The molecule has 2 heterocycles. The summed E-state index contributed by atoms with van der Waals surface area (Å²) in [7, 11) is 3.06. The first kappa shape index (κ1) is 22.4. The Labute approximate surface area is 186 Å². The molecule has 1 amide bonds. The maximum absolute atomic E-state index is 12.5. The first-order valence-corrected chi connectivity index (χ1v) is 9.97. The van der Waals surface area contributed by atoms with Gasteiger partial charge in [0, 0.05) is 24.6 Å². The predicted octanol–water partition coefficient (Wildman–Crippen LogP) is 4.52. The summed E-state index contributed by atoms with van der Waals surface area (Å²) in [4.78, 5) is 18.5. The van der Waals surface area contributed by atoms with E-state index in [0.29, 0.717) is 41.3 Å². The van der Waals surface area contributed by atoms with Crippen LogP contribution in [-0.4, -0.2) is 41.5 Å². The number of hydrogen-bond acceptors (Lipinski definition) is 7. The van der Waals surface area contributed by atoms with Crippen LogP contribution in [0.3, 0.4) is 0 Å². The Morgan fingerprint density at radius 1 is 1.06 bits per heavy atom. The Morgan fingerprint density at radius 3 is 2.33 bits per heavy atom. The number of hydrogen-bond donors (Lipinski definition) is 0. The molecule has 0 bridgehead atoms. The highest BCUT2D eigenvalue weighted by Gasteiger charge is 2.36. The van der Waals surface area contributed by atoms with E-state index < -0.39 is 12.4 Å². The number of rotatable bonds is 7. The molecule has 2 aromatic carbocycles. The summed E-state index contributed by atoms with van der Waals surface area (Å²) in [6, 6.07) is 10.1. The number of benzene rings is 2. The molecule has 0 saturated carbocycles. The number of halogens is 3. The van der Waals surface area contributed by atoms with Crippen molar-refractivity contribution in [3.8, 4) is 28.6 Å². The van der Waals surface area contributed by atoms with Gasteiger partial charge in [0.25, 0.3) is 0 Å². The molecule has 3 aromatic rings. The second-order valence-corrected chi connectivity index (χ2v) is 7.33. The highest BCUT2D eigenvalue weighted by molar-refractivity contribution is 5.79. The van der Waals surface area contributed by atoms with Gasteiger partial charge in [-0.15, -0.1) is 13.2 Å². The number of carbonyl (C=O) groups excluding carboxylic acids is 1. The van der Waals surface area contributed by atoms with Crippen molar-refractivity contribution in [2.24, 2.45) is 0 Å². The van der Waals surface area contributed by atoms with Crippen LogP contribution in [0.15, 0.2) is 47.0 Å². The van der Waals surface area contributed by atoms with Crippen LogP contribution in [0.1, 0.15) is 30.3 Å². The van der Waals surface area contributed by atoms with Gasteiger partial charge in [-0.1, -0.05) is 17.3 Å². The zero-order valence-electron chi connectivity index (χ0n) is 17.8. The van der Waals surface area contributed by atoms with Crippen molar-refractivity contribution in [1.82, 2.24) is 15.0 Å². The predicted molar refractivity (Wildman–Crippen MR) is 108 cm³/mol. The van der Waals surface area contributed by atoms with Crippen LogP contribution < -0.4 is 14.2 Å². The summed E-state index contributed by atoms with van der Waals surface area (Å²) in [5.74, 6) is 1.27. The van der Waals surface area contributed by atoms with Gasteiger partial charge in [-0.2, -0.15) is 4.98 Å². The molecule has 1 unspecified atom stereocenters. The largest absolute Gasteiger partial charge is 0.573 e. The molecule has 33 heavy (non-hydrogen) atoms. The molecule has 1 aliphatic rings. The summed E-state index contributed by atoms with van der Waals surface area (Å²) in [6.07, 6.45) is -3.98. The monoisotopic (exact) mass is 463 g/mol. The van der Waals surface area contributed by atoms with Crippen LogP contribution in [0.5, 0.6) is 17.2 Å². The molecule has 0 aliphatic carbocycles. The topological polar surface area (TPSA) is 86.9 Å². The smallest absolute Gasteiger partial charge is 0.497 e. The van der Waals surface area contributed by atoms with Gasteiger partial charge in [-0.05, 0) is 36.2 Å². The lowest BCUT2D eigenvalue weighted by molar-refractivity contribution is -0.274. The van der Waals surface area contributed by atoms with Gasteiger partial charge < -0.3 is 23.6 Å². The minimum absolute atomic E-state index is 0.113. The van der Waals surface area contributed by atoms with E-state index in [0.717, 1.165) is 0 Å². The maximum atomic E-state index is 12.5. The molecular formula is C22H20F3N3O5.